The number of nitrogens with one attached hydrogen (secondary N) is 1. The zero-order valence-corrected chi connectivity index (χ0v) is 7.46. The molecule has 1 unspecified atom stereocenters. The number of carbonyl (C=O) groups is 1. The molecule has 70 valence electrons. The van der Waals surface area contributed by atoms with Gasteiger partial charge < -0.3 is 15.2 Å². The highest BCUT2D eigenvalue weighted by Gasteiger charge is 2.00. The fourth-order valence-corrected chi connectivity index (χ4v) is 0.545. The van der Waals surface area contributed by atoms with Crippen LogP contribution in [-0.2, 0) is 9.53 Å². The summed E-state index contributed by atoms with van der Waals surface area (Å²) in [7, 11) is 0. The molecular weight excluding hydrogens is 158 g/mol. The van der Waals surface area contributed by atoms with Gasteiger partial charge >= 0.3 is 0 Å². The van der Waals surface area contributed by atoms with Crippen LogP contribution in [0, 0.1) is 0 Å². The molecule has 0 aliphatic heterocycles. The van der Waals surface area contributed by atoms with Crippen molar-refractivity contribution in [1.29, 1.82) is 0 Å². The van der Waals surface area contributed by atoms with Gasteiger partial charge in [-0.3, -0.25) is 4.79 Å². The highest BCUT2D eigenvalue weighted by molar-refractivity contribution is 5.91. The Balaban J connectivity index is 3.32. The average Bonchev–Trinajstić information content (AvgIpc) is 1.97. The minimum Gasteiger partial charge on any atom is -0.368 e. The standard InChI is InChI=1S/C8H15NO3/c1-6(2)8(11)9-4-5-12-7(3)10/h7,10H,1,4-5H2,2-3H3,(H,9,11). The number of aliphatic hydroxyl groups is 1. The SMILES string of the molecule is C=C(C)C(=O)NCCOC(C)O. The van der Waals surface area contributed by atoms with Crippen LogP contribution in [0.25, 0.3) is 0 Å². The van der Waals surface area contributed by atoms with E-state index in [1.54, 1.807) is 6.92 Å². The zero-order valence-electron chi connectivity index (χ0n) is 7.46. The van der Waals surface area contributed by atoms with Crippen LogP contribution in [-0.4, -0.2) is 30.5 Å². The van der Waals surface area contributed by atoms with Crippen LogP contribution >= 0.6 is 0 Å². The summed E-state index contributed by atoms with van der Waals surface area (Å²) in [5.41, 5.74) is 0.465. The Kier molecular flexibility index (Phi) is 5.32. The first-order valence-corrected chi connectivity index (χ1v) is 3.77. The molecule has 0 heterocycles. The Morgan fingerprint density at radius 2 is 2.33 bits per heavy atom. The third kappa shape index (κ3) is 5.88. The summed E-state index contributed by atoms with van der Waals surface area (Å²) in [6, 6.07) is 0. The molecule has 0 spiro atoms. The van der Waals surface area contributed by atoms with Gasteiger partial charge in [-0.1, -0.05) is 6.58 Å². The average molecular weight is 173 g/mol. The van der Waals surface area contributed by atoms with Crippen LogP contribution < -0.4 is 5.32 Å². The zero-order chi connectivity index (χ0) is 9.56. The topological polar surface area (TPSA) is 58.6 Å². The van der Waals surface area contributed by atoms with E-state index in [9.17, 15) is 4.79 Å². The molecule has 0 saturated heterocycles. The second-order valence-corrected chi connectivity index (χ2v) is 2.51. The second kappa shape index (κ2) is 5.74. The largest absolute Gasteiger partial charge is 0.368 e. The number of ether oxygens (including phenoxy) is 1. The molecule has 0 aromatic heterocycles. The van der Waals surface area contributed by atoms with Gasteiger partial charge in [0.2, 0.25) is 5.91 Å². The van der Waals surface area contributed by atoms with Gasteiger partial charge in [-0.2, -0.15) is 0 Å². The molecule has 0 bridgehead atoms. The van der Waals surface area contributed by atoms with Gasteiger partial charge in [0.15, 0.2) is 6.29 Å². The highest BCUT2D eigenvalue weighted by atomic mass is 16.6. The number of carbonyl (C=O) groups excluding carboxylic acids is 1. The number of aliphatic hydroxyl groups excluding tert-OH is 1. The fourth-order valence-electron chi connectivity index (χ4n) is 0.545. The van der Waals surface area contributed by atoms with Crippen molar-refractivity contribution in [1.82, 2.24) is 5.32 Å². The third-order valence-corrected chi connectivity index (χ3v) is 1.13. The third-order valence-electron chi connectivity index (χ3n) is 1.13. The van der Waals surface area contributed by atoms with E-state index in [1.165, 1.54) is 6.92 Å². The normalized spacial score (nSPS) is 12.2. The summed E-state index contributed by atoms with van der Waals surface area (Å²) in [4.78, 5) is 10.9. The van der Waals surface area contributed by atoms with E-state index in [0.29, 0.717) is 18.7 Å². The lowest BCUT2D eigenvalue weighted by molar-refractivity contribution is -0.119. The molecule has 0 aromatic rings. The summed E-state index contributed by atoms with van der Waals surface area (Å²) >= 11 is 0. The van der Waals surface area contributed by atoms with Crippen molar-refractivity contribution in [2.75, 3.05) is 13.2 Å². The van der Waals surface area contributed by atoms with E-state index >= 15 is 0 Å². The first-order valence-electron chi connectivity index (χ1n) is 3.77. The summed E-state index contributed by atoms with van der Waals surface area (Å²) in [6.07, 6.45) is -0.785. The van der Waals surface area contributed by atoms with Crippen LogP contribution in [0.3, 0.4) is 0 Å². The van der Waals surface area contributed by atoms with Gasteiger partial charge in [-0.25, -0.2) is 0 Å². The second-order valence-electron chi connectivity index (χ2n) is 2.51. The number of rotatable bonds is 5. The quantitative estimate of drug-likeness (QED) is 0.350. The Morgan fingerprint density at radius 3 is 2.75 bits per heavy atom. The maximum absolute atomic E-state index is 10.9. The Labute approximate surface area is 72.2 Å². The van der Waals surface area contributed by atoms with Gasteiger partial charge in [-0.15, -0.1) is 0 Å². The van der Waals surface area contributed by atoms with E-state index in [2.05, 4.69) is 11.9 Å². The fraction of sp³-hybridized carbons (Fsp3) is 0.625. The van der Waals surface area contributed by atoms with Gasteiger partial charge in [-0.05, 0) is 13.8 Å². The molecule has 12 heavy (non-hydrogen) atoms. The van der Waals surface area contributed by atoms with Crippen molar-refractivity contribution >= 4 is 5.91 Å². The smallest absolute Gasteiger partial charge is 0.246 e. The van der Waals surface area contributed by atoms with Crippen LogP contribution in [0.1, 0.15) is 13.8 Å². The van der Waals surface area contributed by atoms with Crippen molar-refractivity contribution < 1.29 is 14.6 Å². The van der Waals surface area contributed by atoms with Crippen LogP contribution in [0.2, 0.25) is 0 Å². The Hall–Kier alpha value is -0.870. The van der Waals surface area contributed by atoms with Gasteiger partial charge in [0, 0.05) is 12.1 Å². The maximum atomic E-state index is 10.9. The summed E-state index contributed by atoms with van der Waals surface area (Å²) < 4.78 is 4.78. The summed E-state index contributed by atoms with van der Waals surface area (Å²) in [5.74, 6) is -0.191. The van der Waals surface area contributed by atoms with Gasteiger partial charge in [0.25, 0.3) is 0 Å². The molecule has 0 radical (unpaired) electrons. The van der Waals surface area contributed by atoms with Crippen molar-refractivity contribution in [3.63, 3.8) is 0 Å². The van der Waals surface area contributed by atoms with Crippen molar-refractivity contribution in [3.05, 3.63) is 12.2 Å². The van der Waals surface area contributed by atoms with Gasteiger partial charge in [0.05, 0.1) is 6.61 Å². The van der Waals surface area contributed by atoms with Crippen LogP contribution in [0.5, 0.6) is 0 Å². The number of amides is 1. The van der Waals surface area contributed by atoms with Crippen molar-refractivity contribution in [2.24, 2.45) is 0 Å². The number of hydrogen-bond donors (Lipinski definition) is 2. The lowest BCUT2D eigenvalue weighted by Crippen LogP contribution is -2.28. The lowest BCUT2D eigenvalue weighted by atomic mass is 10.3. The first-order chi connectivity index (χ1) is 5.54. The molecule has 0 fully saturated rings. The highest BCUT2D eigenvalue weighted by Crippen LogP contribution is 1.85. The van der Waals surface area contributed by atoms with Crippen molar-refractivity contribution in [3.8, 4) is 0 Å². The maximum Gasteiger partial charge on any atom is 0.246 e. The van der Waals surface area contributed by atoms with E-state index in [4.69, 9.17) is 9.84 Å². The number of hydrogen-bond acceptors (Lipinski definition) is 3. The summed E-state index contributed by atoms with van der Waals surface area (Å²) in [6.45, 7) is 7.30. The van der Waals surface area contributed by atoms with Crippen molar-refractivity contribution in [2.45, 2.75) is 20.1 Å². The predicted molar refractivity (Wildman–Crippen MR) is 45.5 cm³/mol. The molecule has 4 heteroatoms. The van der Waals surface area contributed by atoms with E-state index in [1.807, 2.05) is 0 Å². The Bertz CT molecular complexity index is 166. The molecular formula is C8H15NO3. The Morgan fingerprint density at radius 1 is 1.75 bits per heavy atom. The minimum absolute atomic E-state index is 0.191. The summed E-state index contributed by atoms with van der Waals surface area (Å²) in [5, 5.41) is 11.2. The molecule has 0 aliphatic carbocycles. The molecule has 0 aromatic carbocycles. The van der Waals surface area contributed by atoms with Gasteiger partial charge in [0.1, 0.15) is 0 Å². The predicted octanol–water partition coefficient (Wildman–Crippen LogP) is 0.0336. The molecule has 2 N–H and O–H groups in total. The van der Waals surface area contributed by atoms with E-state index < -0.39 is 6.29 Å². The molecule has 1 amide bonds. The molecule has 0 rings (SSSR count). The minimum atomic E-state index is -0.785. The first kappa shape index (κ1) is 11.1. The molecule has 1 atom stereocenters. The lowest BCUT2D eigenvalue weighted by Gasteiger charge is -2.07. The van der Waals surface area contributed by atoms with E-state index in [0.717, 1.165) is 0 Å². The molecule has 0 saturated carbocycles. The molecule has 4 nitrogen and oxygen atoms in total. The monoisotopic (exact) mass is 173 g/mol. The van der Waals surface area contributed by atoms with E-state index in [-0.39, 0.29) is 5.91 Å². The molecule has 0 aliphatic rings. The van der Waals surface area contributed by atoms with Crippen LogP contribution in [0.15, 0.2) is 12.2 Å². The van der Waals surface area contributed by atoms with Crippen LogP contribution in [0.4, 0.5) is 0 Å².